The lowest BCUT2D eigenvalue weighted by atomic mass is 10.2. The highest BCUT2D eigenvalue weighted by Crippen LogP contribution is 2.14. The molecule has 0 saturated carbocycles. The Hall–Kier alpha value is -2.38. The highest BCUT2D eigenvalue weighted by atomic mass is 16.5. The largest absolute Gasteiger partial charge is 0.462 e. The molecule has 17 heavy (non-hydrogen) atoms. The molecule has 0 spiro atoms. The molecule has 0 unspecified atom stereocenters. The molecule has 8 nitrogen and oxygen atoms in total. The Morgan fingerprint density at radius 1 is 1.53 bits per heavy atom. The van der Waals surface area contributed by atoms with Crippen LogP contribution in [0.2, 0.25) is 0 Å². The van der Waals surface area contributed by atoms with Crippen molar-refractivity contribution in [3.8, 4) is 0 Å². The fraction of sp³-hybridized carbons (Fsp3) is 0.333. The predicted molar refractivity (Wildman–Crippen MR) is 58.5 cm³/mol. The molecule has 0 fully saturated rings. The predicted octanol–water partition coefficient (Wildman–Crippen LogP) is -0.492. The van der Waals surface area contributed by atoms with Crippen molar-refractivity contribution in [3.05, 3.63) is 11.3 Å². The summed E-state index contributed by atoms with van der Waals surface area (Å²) in [6, 6.07) is 0. The van der Waals surface area contributed by atoms with Crippen LogP contribution in [0.25, 0.3) is 0 Å². The Bertz CT molecular complexity index is 438. The van der Waals surface area contributed by atoms with Crippen LogP contribution in [0, 0.1) is 5.41 Å². The number of nitrogens with zero attached hydrogens (tertiary/aromatic N) is 1. The third kappa shape index (κ3) is 2.60. The average molecular weight is 240 g/mol. The number of carbonyl (C=O) groups is 2. The molecule has 0 atom stereocenters. The zero-order valence-corrected chi connectivity index (χ0v) is 9.36. The number of nitrogens with two attached hydrogens (primary N) is 1. The quantitative estimate of drug-likeness (QED) is 0.573. The number of methoxy groups -OCH3 is 1. The number of alkyl carbamates (subject to hydrolysis) is 1. The molecule has 92 valence electrons. The van der Waals surface area contributed by atoms with Gasteiger partial charge in [-0.3, -0.25) is 10.7 Å². The van der Waals surface area contributed by atoms with Crippen molar-refractivity contribution < 1.29 is 19.1 Å². The van der Waals surface area contributed by atoms with Crippen molar-refractivity contribution in [2.75, 3.05) is 13.7 Å². The van der Waals surface area contributed by atoms with Crippen molar-refractivity contribution in [3.63, 3.8) is 0 Å². The summed E-state index contributed by atoms with van der Waals surface area (Å²) in [5, 5.41) is 9.68. The Kier molecular flexibility index (Phi) is 3.81. The summed E-state index contributed by atoms with van der Waals surface area (Å²) in [6.07, 6.45) is -0.811. The highest BCUT2D eigenvalue weighted by molar-refractivity contribution is 6.30. The molecule has 0 aromatic carbocycles. The second kappa shape index (κ2) is 5.10. The zero-order valence-electron chi connectivity index (χ0n) is 9.36. The van der Waals surface area contributed by atoms with Gasteiger partial charge in [-0.05, 0) is 6.92 Å². The van der Waals surface area contributed by atoms with Gasteiger partial charge in [0.05, 0.1) is 13.7 Å². The average Bonchev–Trinajstić information content (AvgIpc) is 2.54. The third-order valence-corrected chi connectivity index (χ3v) is 1.87. The van der Waals surface area contributed by atoms with E-state index in [-0.39, 0.29) is 29.5 Å². The maximum atomic E-state index is 11.5. The van der Waals surface area contributed by atoms with Gasteiger partial charge in [0.15, 0.2) is 11.7 Å². The van der Waals surface area contributed by atoms with Crippen molar-refractivity contribution in [2.45, 2.75) is 6.92 Å². The first kappa shape index (κ1) is 12.7. The van der Waals surface area contributed by atoms with E-state index in [2.05, 4.69) is 15.0 Å². The van der Waals surface area contributed by atoms with Gasteiger partial charge < -0.3 is 15.2 Å². The number of carbonyl (C=O) groups excluding carboxylic acids is 2. The topological polar surface area (TPSA) is 127 Å². The van der Waals surface area contributed by atoms with Crippen LogP contribution >= 0.6 is 0 Å². The van der Waals surface area contributed by atoms with Gasteiger partial charge in [0, 0.05) is 0 Å². The van der Waals surface area contributed by atoms with E-state index in [0.717, 1.165) is 7.11 Å². The van der Waals surface area contributed by atoms with Crippen LogP contribution in [0.5, 0.6) is 0 Å². The minimum Gasteiger partial charge on any atom is -0.462 e. The Labute approximate surface area is 97.0 Å². The molecule has 1 aliphatic heterocycles. The van der Waals surface area contributed by atoms with Crippen LogP contribution < -0.4 is 11.1 Å². The van der Waals surface area contributed by atoms with Crippen LogP contribution in [0.3, 0.4) is 0 Å². The van der Waals surface area contributed by atoms with E-state index in [1.807, 2.05) is 0 Å². The van der Waals surface area contributed by atoms with Gasteiger partial charge in [0.2, 0.25) is 0 Å². The van der Waals surface area contributed by atoms with Crippen LogP contribution in [0.15, 0.2) is 16.3 Å². The summed E-state index contributed by atoms with van der Waals surface area (Å²) >= 11 is 0. The number of nitrogens with one attached hydrogen (secondary N) is 2. The van der Waals surface area contributed by atoms with Gasteiger partial charge in [-0.25, -0.2) is 14.6 Å². The molecule has 0 aromatic rings. The number of rotatable bonds is 3. The van der Waals surface area contributed by atoms with E-state index in [1.54, 1.807) is 6.92 Å². The molecule has 4 N–H and O–H groups in total. The molecule has 0 aliphatic carbocycles. The number of hydrogen-bond donors (Lipinski definition) is 3. The van der Waals surface area contributed by atoms with Crippen LogP contribution in [0.1, 0.15) is 6.92 Å². The smallest absolute Gasteiger partial charge is 0.411 e. The van der Waals surface area contributed by atoms with Gasteiger partial charge in [0.25, 0.3) is 0 Å². The first-order valence-corrected chi connectivity index (χ1v) is 4.71. The minimum absolute atomic E-state index is 0.0692. The summed E-state index contributed by atoms with van der Waals surface area (Å²) in [7, 11) is 1.16. The molecule has 1 heterocycles. The lowest BCUT2D eigenvalue weighted by Gasteiger charge is -2.07. The van der Waals surface area contributed by atoms with Crippen LogP contribution in [0.4, 0.5) is 4.79 Å². The van der Waals surface area contributed by atoms with E-state index < -0.39 is 12.1 Å². The normalized spacial score (nSPS) is 14.5. The molecule has 1 aliphatic rings. The Morgan fingerprint density at radius 2 is 2.18 bits per heavy atom. The van der Waals surface area contributed by atoms with E-state index in [1.165, 1.54) is 0 Å². The summed E-state index contributed by atoms with van der Waals surface area (Å²) in [6.45, 7) is 1.76. The van der Waals surface area contributed by atoms with Gasteiger partial charge in [-0.15, -0.1) is 0 Å². The summed E-state index contributed by atoms with van der Waals surface area (Å²) in [5.74, 6) is -1.26. The maximum Gasteiger partial charge on any atom is 0.411 e. The van der Waals surface area contributed by atoms with Gasteiger partial charge in [-0.1, -0.05) is 0 Å². The molecule has 1 amide bonds. The standard InChI is InChI=1S/C9H12N4O4/c1-3-17-8(14)4-5(12-9(15)16-2)7(11)13-6(4)10/h3H2,1-2H3,(H4,10,11,12,13,15). The van der Waals surface area contributed by atoms with Crippen molar-refractivity contribution >= 4 is 23.7 Å². The Balaban J connectivity index is 3.05. The van der Waals surface area contributed by atoms with Crippen LogP contribution in [-0.2, 0) is 14.3 Å². The fourth-order valence-electron chi connectivity index (χ4n) is 1.16. The van der Waals surface area contributed by atoms with E-state index in [9.17, 15) is 9.59 Å². The Morgan fingerprint density at radius 3 is 2.71 bits per heavy atom. The number of esters is 1. The third-order valence-electron chi connectivity index (χ3n) is 1.87. The molecule has 0 bridgehead atoms. The van der Waals surface area contributed by atoms with Crippen molar-refractivity contribution in [1.82, 2.24) is 5.32 Å². The number of amidine groups is 2. The number of ether oxygens (including phenoxy) is 2. The first-order valence-electron chi connectivity index (χ1n) is 4.71. The first-order chi connectivity index (χ1) is 8.01. The number of amides is 1. The molecular formula is C9H12N4O4. The monoisotopic (exact) mass is 240 g/mol. The summed E-state index contributed by atoms with van der Waals surface area (Å²) in [4.78, 5) is 26.2. The second-order valence-corrected chi connectivity index (χ2v) is 2.93. The number of hydrogen-bond acceptors (Lipinski definition) is 6. The van der Waals surface area contributed by atoms with Gasteiger partial charge >= 0.3 is 12.1 Å². The molecule has 1 rings (SSSR count). The molecule has 0 aromatic heterocycles. The summed E-state index contributed by atoms with van der Waals surface area (Å²) in [5.41, 5.74) is 5.22. The molecular weight excluding hydrogens is 228 g/mol. The van der Waals surface area contributed by atoms with E-state index >= 15 is 0 Å². The van der Waals surface area contributed by atoms with Gasteiger partial charge in [-0.2, -0.15) is 0 Å². The lowest BCUT2D eigenvalue weighted by Crippen LogP contribution is -2.32. The lowest BCUT2D eigenvalue weighted by molar-refractivity contribution is -0.137. The van der Waals surface area contributed by atoms with E-state index in [0.29, 0.717) is 0 Å². The van der Waals surface area contributed by atoms with Crippen LogP contribution in [-0.4, -0.2) is 37.5 Å². The number of aliphatic imine (C=N–C) groups is 1. The molecule has 8 heteroatoms. The van der Waals surface area contributed by atoms with Crippen molar-refractivity contribution in [2.24, 2.45) is 10.7 Å². The highest BCUT2D eigenvalue weighted by Gasteiger charge is 2.30. The van der Waals surface area contributed by atoms with E-state index in [4.69, 9.17) is 15.9 Å². The van der Waals surface area contributed by atoms with Crippen molar-refractivity contribution in [1.29, 1.82) is 5.41 Å². The molecule has 0 radical (unpaired) electrons. The second-order valence-electron chi connectivity index (χ2n) is 2.93. The minimum atomic E-state index is -0.811. The SMILES string of the molecule is CCOC(=O)C1=C(NC(=O)OC)C(N)=NC1=N. The van der Waals surface area contributed by atoms with Gasteiger partial charge in [0.1, 0.15) is 11.3 Å². The zero-order chi connectivity index (χ0) is 13.0. The maximum absolute atomic E-state index is 11.5. The fourth-order valence-corrected chi connectivity index (χ4v) is 1.16. The molecule has 0 saturated heterocycles. The summed E-state index contributed by atoms with van der Waals surface area (Å²) < 4.78 is 9.10.